The Kier molecular flexibility index (Phi) is 7.57. The Balaban J connectivity index is 2.53. The zero-order valence-corrected chi connectivity index (χ0v) is 15.1. The zero-order chi connectivity index (χ0) is 19.1. The van der Waals surface area contributed by atoms with E-state index in [0.29, 0.717) is 5.56 Å². The molecular formula is C15H22NO8P. The van der Waals surface area contributed by atoms with Gasteiger partial charge in [-0.2, -0.15) is 0 Å². The molecule has 0 spiro atoms. The smallest absolute Gasteiger partial charge is 0.472 e. The number of carboxylic acids is 1. The van der Waals surface area contributed by atoms with Crippen molar-refractivity contribution in [1.82, 2.24) is 5.32 Å². The molecule has 9 nitrogen and oxygen atoms in total. The number of aliphatic carboxylic acids is 1. The molecule has 3 N–H and O–H groups in total. The second-order valence-corrected chi connectivity index (χ2v) is 7.51. The number of carbonyl (C=O) groups excluding carboxylic acids is 1. The fraction of sp³-hybridized carbons (Fsp3) is 0.467. The molecule has 1 rings (SSSR count). The molecule has 2 atom stereocenters. The number of benzene rings is 1. The first-order chi connectivity index (χ1) is 11.5. The number of carbonyl (C=O) groups is 2. The Morgan fingerprint density at radius 1 is 1.20 bits per heavy atom. The van der Waals surface area contributed by atoms with Crippen molar-refractivity contribution in [1.29, 1.82) is 0 Å². The predicted molar refractivity (Wildman–Crippen MR) is 87.8 cm³/mol. The Bertz CT molecular complexity index is 628. The van der Waals surface area contributed by atoms with Crippen molar-refractivity contribution in [2.75, 3.05) is 6.61 Å². The molecule has 0 aliphatic heterocycles. The summed E-state index contributed by atoms with van der Waals surface area (Å²) in [6, 6.07) is 7.03. The summed E-state index contributed by atoms with van der Waals surface area (Å²) in [6.07, 6.45) is -0.985. The quantitative estimate of drug-likeness (QED) is 0.590. The van der Waals surface area contributed by atoms with Crippen LogP contribution in [0.5, 0.6) is 0 Å². The number of hydrogen-bond donors (Lipinski definition) is 3. The molecule has 1 aromatic carbocycles. The van der Waals surface area contributed by atoms with Crippen molar-refractivity contribution < 1.29 is 37.9 Å². The van der Waals surface area contributed by atoms with E-state index in [0.717, 1.165) is 0 Å². The number of rotatable bonds is 8. The molecule has 0 aromatic heterocycles. The minimum absolute atomic E-state index is 0.189. The highest BCUT2D eigenvalue weighted by Crippen LogP contribution is 2.44. The molecular weight excluding hydrogens is 353 g/mol. The van der Waals surface area contributed by atoms with Crippen LogP contribution in [0.25, 0.3) is 0 Å². The SMILES string of the molecule is CC(C)(C)OC(=O)N[C@@H](COP(=O)(O)OCc1ccccc1)C(=O)O. The summed E-state index contributed by atoms with van der Waals surface area (Å²) < 4.78 is 26.2. The Morgan fingerprint density at radius 3 is 2.32 bits per heavy atom. The summed E-state index contributed by atoms with van der Waals surface area (Å²) in [7, 11) is -4.49. The molecule has 0 aliphatic rings. The summed E-state index contributed by atoms with van der Waals surface area (Å²) in [6.45, 7) is 3.87. The van der Waals surface area contributed by atoms with Crippen LogP contribution in [0.2, 0.25) is 0 Å². The third kappa shape index (κ3) is 9.21. The first-order valence-corrected chi connectivity index (χ1v) is 8.86. The van der Waals surface area contributed by atoms with Crippen molar-refractivity contribution in [2.24, 2.45) is 0 Å². The molecule has 0 saturated carbocycles. The molecule has 0 bridgehead atoms. The van der Waals surface area contributed by atoms with Crippen LogP contribution in [0.3, 0.4) is 0 Å². The van der Waals surface area contributed by atoms with Crippen LogP contribution in [0.1, 0.15) is 26.3 Å². The molecule has 0 aliphatic carbocycles. The van der Waals surface area contributed by atoms with Crippen molar-refractivity contribution in [3.63, 3.8) is 0 Å². The van der Waals surface area contributed by atoms with Gasteiger partial charge in [0.2, 0.25) is 0 Å². The van der Waals surface area contributed by atoms with Crippen molar-refractivity contribution >= 4 is 19.9 Å². The van der Waals surface area contributed by atoms with Crippen LogP contribution in [0, 0.1) is 0 Å². The van der Waals surface area contributed by atoms with Crippen LogP contribution in [0.4, 0.5) is 4.79 Å². The van der Waals surface area contributed by atoms with E-state index >= 15 is 0 Å². The minimum Gasteiger partial charge on any atom is -0.480 e. The van der Waals surface area contributed by atoms with Crippen LogP contribution in [-0.2, 0) is 29.8 Å². The number of amides is 1. The molecule has 1 aromatic rings. The van der Waals surface area contributed by atoms with Crippen LogP contribution in [0.15, 0.2) is 30.3 Å². The van der Waals surface area contributed by atoms with E-state index in [1.165, 1.54) is 0 Å². The van der Waals surface area contributed by atoms with Gasteiger partial charge in [-0.05, 0) is 26.3 Å². The summed E-state index contributed by atoms with van der Waals surface area (Å²) in [4.78, 5) is 32.3. The number of phosphoric ester groups is 1. The number of ether oxygens (including phenoxy) is 1. The van der Waals surface area contributed by atoms with Gasteiger partial charge in [-0.25, -0.2) is 14.2 Å². The number of nitrogens with one attached hydrogen (secondary N) is 1. The van der Waals surface area contributed by atoms with Gasteiger partial charge in [0, 0.05) is 0 Å². The van der Waals surface area contributed by atoms with Gasteiger partial charge in [-0.15, -0.1) is 0 Å². The molecule has 10 heteroatoms. The van der Waals surface area contributed by atoms with E-state index in [9.17, 15) is 19.0 Å². The lowest BCUT2D eigenvalue weighted by Gasteiger charge is -2.22. The largest absolute Gasteiger partial charge is 0.480 e. The van der Waals surface area contributed by atoms with Crippen LogP contribution >= 0.6 is 7.82 Å². The monoisotopic (exact) mass is 375 g/mol. The van der Waals surface area contributed by atoms with Crippen molar-refractivity contribution in [3.8, 4) is 0 Å². The molecule has 0 saturated heterocycles. The lowest BCUT2D eigenvalue weighted by molar-refractivity contribution is -0.140. The highest BCUT2D eigenvalue weighted by atomic mass is 31.2. The van der Waals surface area contributed by atoms with Crippen molar-refractivity contribution in [2.45, 2.75) is 39.0 Å². The molecule has 1 amide bonds. The molecule has 0 fully saturated rings. The minimum atomic E-state index is -4.49. The number of carboxylic acid groups (broad SMARTS) is 1. The molecule has 25 heavy (non-hydrogen) atoms. The third-order valence-corrected chi connectivity index (χ3v) is 3.56. The van der Waals surface area contributed by atoms with E-state index in [2.05, 4.69) is 4.52 Å². The average molecular weight is 375 g/mol. The highest BCUT2D eigenvalue weighted by molar-refractivity contribution is 7.47. The first-order valence-electron chi connectivity index (χ1n) is 7.37. The van der Waals surface area contributed by atoms with Gasteiger partial charge >= 0.3 is 19.9 Å². The van der Waals surface area contributed by atoms with Gasteiger partial charge in [0.05, 0.1) is 13.2 Å². The fourth-order valence-electron chi connectivity index (χ4n) is 1.56. The highest BCUT2D eigenvalue weighted by Gasteiger charge is 2.29. The van der Waals surface area contributed by atoms with Gasteiger partial charge in [0.25, 0.3) is 0 Å². The average Bonchev–Trinajstić information content (AvgIpc) is 2.48. The normalized spacial score (nSPS) is 15.0. The van der Waals surface area contributed by atoms with Crippen LogP contribution < -0.4 is 5.32 Å². The summed E-state index contributed by atoms with van der Waals surface area (Å²) in [5.74, 6) is -1.45. The second kappa shape index (κ2) is 8.96. The van der Waals surface area contributed by atoms with Gasteiger partial charge in [-0.1, -0.05) is 30.3 Å². The maximum atomic E-state index is 11.8. The van der Waals surface area contributed by atoms with Crippen LogP contribution in [-0.4, -0.2) is 40.3 Å². The standard InChI is InChI=1S/C15H22NO8P/c1-15(2,3)24-14(19)16-12(13(17)18)10-23-25(20,21)22-9-11-7-5-4-6-8-11/h4-8,12H,9-10H2,1-3H3,(H,16,19)(H,17,18)(H,20,21)/t12-/m0/s1. The zero-order valence-electron chi connectivity index (χ0n) is 14.2. The van der Waals surface area contributed by atoms with Gasteiger partial charge in [-0.3, -0.25) is 9.05 Å². The number of hydrogen-bond acceptors (Lipinski definition) is 6. The van der Waals surface area contributed by atoms with E-state index in [1.54, 1.807) is 51.1 Å². The lowest BCUT2D eigenvalue weighted by atomic mass is 10.2. The summed E-state index contributed by atoms with van der Waals surface area (Å²) >= 11 is 0. The summed E-state index contributed by atoms with van der Waals surface area (Å²) in [5, 5.41) is 11.1. The fourth-order valence-corrected chi connectivity index (χ4v) is 2.29. The predicted octanol–water partition coefficient (Wildman–Crippen LogP) is 2.30. The van der Waals surface area contributed by atoms with E-state index < -0.39 is 38.1 Å². The molecule has 0 radical (unpaired) electrons. The lowest BCUT2D eigenvalue weighted by Crippen LogP contribution is -2.45. The molecule has 140 valence electrons. The Morgan fingerprint density at radius 2 is 1.80 bits per heavy atom. The second-order valence-electron chi connectivity index (χ2n) is 6.06. The summed E-state index contributed by atoms with van der Waals surface area (Å²) in [5.41, 5.74) is -0.180. The van der Waals surface area contributed by atoms with Gasteiger partial charge < -0.3 is 20.1 Å². The molecule has 1 unspecified atom stereocenters. The molecule has 0 heterocycles. The van der Waals surface area contributed by atoms with E-state index in [-0.39, 0.29) is 6.61 Å². The van der Waals surface area contributed by atoms with E-state index in [4.69, 9.17) is 14.4 Å². The topological polar surface area (TPSA) is 131 Å². The number of phosphoric acid groups is 1. The van der Waals surface area contributed by atoms with Gasteiger partial charge in [0.1, 0.15) is 5.60 Å². The maximum Gasteiger partial charge on any atom is 0.472 e. The third-order valence-electron chi connectivity index (χ3n) is 2.63. The Hall–Kier alpha value is -1.93. The van der Waals surface area contributed by atoms with Gasteiger partial charge in [0.15, 0.2) is 6.04 Å². The number of alkyl carbamates (subject to hydrolysis) is 1. The Labute approximate surface area is 145 Å². The first kappa shape index (κ1) is 21.1. The van der Waals surface area contributed by atoms with E-state index in [1.807, 2.05) is 5.32 Å². The maximum absolute atomic E-state index is 11.8. The van der Waals surface area contributed by atoms with Crippen molar-refractivity contribution in [3.05, 3.63) is 35.9 Å².